The second-order valence-electron chi connectivity index (χ2n) is 6.27. The quantitative estimate of drug-likeness (QED) is 0.589. The lowest BCUT2D eigenvalue weighted by atomic mass is 9.98. The predicted octanol–water partition coefficient (Wildman–Crippen LogP) is 1.55. The lowest BCUT2D eigenvalue weighted by molar-refractivity contribution is 0.275. The number of nitrogens with zero attached hydrogens (tertiary/aromatic N) is 2. The van der Waals surface area contributed by atoms with Crippen LogP contribution >= 0.6 is 0 Å². The third-order valence-corrected chi connectivity index (χ3v) is 5.61. The Kier molecular flexibility index (Phi) is 7.19. The third kappa shape index (κ3) is 6.28. The first-order valence-corrected chi connectivity index (χ1v) is 10.5. The zero-order valence-corrected chi connectivity index (χ0v) is 15.7. The molecule has 0 spiro atoms. The first-order valence-electron chi connectivity index (χ1n) is 8.61. The molecule has 0 unspecified atom stereocenters. The average molecular weight is 370 g/mol. The summed E-state index contributed by atoms with van der Waals surface area (Å²) in [5, 5.41) is 6.44. The third-order valence-electron chi connectivity index (χ3n) is 4.31. The number of sulfonamides is 1. The molecule has 140 valence electrons. The Labute approximate surface area is 149 Å². The van der Waals surface area contributed by atoms with E-state index in [9.17, 15) is 12.8 Å². The van der Waals surface area contributed by atoms with Gasteiger partial charge in [-0.25, -0.2) is 22.1 Å². The number of guanidine groups is 1. The molecule has 2 N–H and O–H groups in total. The van der Waals surface area contributed by atoms with Crippen LogP contribution in [0.2, 0.25) is 0 Å². The van der Waals surface area contributed by atoms with Crippen LogP contribution in [0.4, 0.5) is 4.39 Å². The van der Waals surface area contributed by atoms with E-state index in [1.807, 2.05) is 6.92 Å². The van der Waals surface area contributed by atoms with Gasteiger partial charge in [-0.15, -0.1) is 0 Å². The highest BCUT2D eigenvalue weighted by atomic mass is 32.2. The molecule has 0 amide bonds. The van der Waals surface area contributed by atoms with Crippen LogP contribution in [0.5, 0.6) is 0 Å². The van der Waals surface area contributed by atoms with Crippen LogP contribution in [0.15, 0.2) is 29.3 Å². The number of aliphatic imine (C=N–C) groups is 1. The minimum Gasteiger partial charge on any atom is -0.357 e. The Hall–Kier alpha value is -1.67. The van der Waals surface area contributed by atoms with Crippen LogP contribution < -0.4 is 10.6 Å². The summed E-state index contributed by atoms with van der Waals surface area (Å²) in [5.41, 5.74) is 0.557. The summed E-state index contributed by atoms with van der Waals surface area (Å²) in [6, 6.07) is 6.61. The van der Waals surface area contributed by atoms with Crippen molar-refractivity contribution >= 4 is 16.0 Å². The molecule has 1 aromatic carbocycles. The molecule has 0 aromatic heterocycles. The molecule has 2 rings (SSSR count). The molecule has 1 saturated heterocycles. The smallest absolute Gasteiger partial charge is 0.211 e. The molecule has 1 aromatic rings. The van der Waals surface area contributed by atoms with Crippen molar-refractivity contribution < 1.29 is 12.8 Å². The number of hydrogen-bond acceptors (Lipinski definition) is 3. The largest absolute Gasteiger partial charge is 0.357 e. The van der Waals surface area contributed by atoms with Crippen molar-refractivity contribution in [3.63, 3.8) is 0 Å². The summed E-state index contributed by atoms with van der Waals surface area (Å²) in [4.78, 5) is 4.43. The van der Waals surface area contributed by atoms with E-state index in [-0.39, 0.29) is 12.4 Å². The molecule has 0 atom stereocenters. The topological polar surface area (TPSA) is 73.8 Å². The summed E-state index contributed by atoms with van der Waals surface area (Å²) in [5.74, 6) is 0.793. The van der Waals surface area contributed by atoms with Gasteiger partial charge in [0.25, 0.3) is 0 Å². The first-order chi connectivity index (χ1) is 11.9. The van der Waals surface area contributed by atoms with E-state index in [1.54, 1.807) is 18.2 Å². The van der Waals surface area contributed by atoms with Crippen LogP contribution in [-0.2, 0) is 16.6 Å². The van der Waals surface area contributed by atoms with Gasteiger partial charge in [0.15, 0.2) is 5.96 Å². The highest BCUT2D eigenvalue weighted by Crippen LogP contribution is 2.18. The van der Waals surface area contributed by atoms with Gasteiger partial charge in [0.1, 0.15) is 5.82 Å². The van der Waals surface area contributed by atoms with Gasteiger partial charge in [0, 0.05) is 31.7 Å². The number of piperidine rings is 1. The first kappa shape index (κ1) is 19.7. The molecular weight excluding hydrogens is 343 g/mol. The fourth-order valence-corrected chi connectivity index (χ4v) is 3.69. The van der Waals surface area contributed by atoms with Crippen molar-refractivity contribution in [3.8, 4) is 0 Å². The van der Waals surface area contributed by atoms with Crippen molar-refractivity contribution in [2.24, 2.45) is 10.9 Å². The second-order valence-corrected chi connectivity index (χ2v) is 8.26. The lowest BCUT2D eigenvalue weighted by Crippen LogP contribution is -2.44. The number of hydrogen-bond donors (Lipinski definition) is 2. The average Bonchev–Trinajstić information content (AvgIpc) is 2.58. The number of rotatable bonds is 6. The van der Waals surface area contributed by atoms with E-state index in [4.69, 9.17) is 0 Å². The van der Waals surface area contributed by atoms with Crippen molar-refractivity contribution in [3.05, 3.63) is 35.6 Å². The van der Waals surface area contributed by atoms with Crippen molar-refractivity contribution in [2.75, 3.05) is 32.4 Å². The molecule has 6 nitrogen and oxygen atoms in total. The zero-order chi connectivity index (χ0) is 18.3. The fourth-order valence-electron chi connectivity index (χ4n) is 2.82. The van der Waals surface area contributed by atoms with Crippen molar-refractivity contribution in [1.82, 2.24) is 14.9 Å². The molecule has 8 heteroatoms. The molecular formula is C17H27FN4O2S. The summed E-state index contributed by atoms with van der Waals surface area (Å²) in [6.07, 6.45) is 2.91. The molecule has 0 radical (unpaired) electrons. The van der Waals surface area contributed by atoms with E-state index in [1.165, 1.54) is 16.6 Å². The van der Waals surface area contributed by atoms with Gasteiger partial charge in [-0.05, 0) is 31.7 Å². The van der Waals surface area contributed by atoms with Crippen molar-refractivity contribution in [1.29, 1.82) is 0 Å². The predicted molar refractivity (Wildman–Crippen MR) is 98.4 cm³/mol. The highest BCUT2D eigenvalue weighted by molar-refractivity contribution is 7.88. The van der Waals surface area contributed by atoms with Gasteiger partial charge in [-0.2, -0.15) is 0 Å². The Balaban J connectivity index is 1.86. The molecule has 0 bridgehead atoms. The van der Waals surface area contributed by atoms with E-state index >= 15 is 0 Å². The highest BCUT2D eigenvalue weighted by Gasteiger charge is 2.24. The summed E-state index contributed by atoms with van der Waals surface area (Å²) >= 11 is 0. The number of nitrogens with one attached hydrogen (secondary N) is 2. The standard InChI is InChI=1S/C17H27FN4O2S/c1-3-19-17(21-13-15-6-4-5-7-16(15)18)20-12-14-8-10-22(11-9-14)25(2,23)24/h4-7,14H,3,8-13H2,1-2H3,(H2,19,20,21). The summed E-state index contributed by atoms with van der Waals surface area (Å²) in [6.45, 7) is 4.82. The van der Waals surface area contributed by atoms with Crippen molar-refractivity contribution in [2.45, 2.75) is 26.3 Å². The normalized spacial score (nSPS) is 17.5. The van der Waals surface area contributed by atoms with E-state index in [0.717, 1.165) is 25.9 Å². The Bertz CT molecular complexity index is 686. The van der Waals surface area contributed by atoms with Gasteiger partial charge in [0.05, 0.1) is 12.8 Å². The minimum absolute atomic E-state index is 0.254. The Morgan fingerprint density at radius 3 is 2.56 bits per heavy atom. The molecule has 1 heterocycles. The molecule has 1 fully saturated rings. The van der Waals surface area contributed by atoms with Crippen LogP contribution in [0.3, 0.4) is 0 Å². The van der Waals surface area contributed by atoms with Crippen LogP contribution in [0.25, 0.3) is 0 Å². The maximum Gasteiger partial charge on any atom is 0.211 e. The molecule has 1 aliphatic heterocycles. The Morgan fingerprint density at radius 1 is 1.28 bits per heavy atom. The van der Waals surface area contributed by atoms with Crippen LogP contribution in [0.1, 0.15) is 25.3 Å². The van der Waals surface area contributed by atoms with Crippen LogP contribution in [0, 0.1) is 11.7 Å². The molecule has 0 aliphatic carbocycles. The van der Waals surface area contributed by atoms with E-state index in [2.05, 4.69) is 15.6 Å². The van der Waals surface area contributed by atoms with Gasteiger partial charge < -0.3 is 10.6 Å². The van der Waals surface area contributed by atoms with E-state index in [0.29, 0.717) is 30.5 Å². The second kappa shape index (κ2) is 9.15. The molecule has 0 saturated carbocycles. The summed E-state index contributed by atoms with van der Waals surface area (Å²) < 4.78 is 38.3. The zero-order valence-electron chi connectivity index (χ0n) is 14.8. The lowest BCUT2D eigenvalue weighted by Gasteiger charge is -2.30. The minimum atomic E-state index is -3.09. The number of halogens is 1. The molecule has 1 aliphatic rings. The fraction of sp³-hybridized carbons (Fsp3) is 0.588. The number of benzene rings is 1. The van der Waals surface area contributed by atoms with Gasteiger partial charge in [-0.3, -0.25) is 0 Å². The van der Waals surface area contributed by atoms with Gasteiger partial charge in [-0.1, -0.05) is 18.2 Å². The van der Waals surface area contributed by atoms with Crippen LogP contribution in [-0.4, -0.2) is 51.1 Å². The molecule has 25 heavy (non-hydrogen) atoms. The monoisotopic (exact) mass is 370 g/mol. The maximum absolute atomic E-state index is 13.7. The SMILES string of the molecule is CCNC(=NCc1ccccc1F)NCC1CCN(S(C)(=O)=O)CC1. The van der Waals surface area contributed by atoms with Gasteiger partial charge in [0.2, 0.25) is 10.0 Å². The van der Waals surface area contributed by atoms with Gasteiger partial charge >= 0.3 is 0 Å². The van der Waals surface area contributed by atoms with E-state index < -0.39 is 10.0 Å². The maximum atomic E-state index is 13.7. The Morgan fingerprint density at radius 2 is 1.96 bits per heavy atom. The summed E-state index contributed by atoms with van der Waals surface area (Å²) in [7, 11) is -3.09.